The summed E-state index contributed by atoms with van der Waals surface area (Å²) in [6, 6.07) is 18.5. The first kappa shape index (κ1) is 11.5. The number of rotatable bonds is 3. The van der Waals surface area contributed by atoms with E-state index in [2.05, 4.69) is 35.2 Å². The Morgan fingerprint density at radius 2 is 1.53 bits per heavy atom. The molecular weight excluding hydrogens is 206 g/mol. The van der Waals surface area contributed by atoms with Gasteiger partial charge in [-0.1, -0.05) is 48.5 Å². The smallest absolute Gasteiger partial charge is 0.0440 e. The maximum absolute atomic E-state index is 3.34. The van der Waals surface area contributed by atoms with Gasteiger partial charge < -0.3 is 4.90 Å². The van der Waals surface area contributed by atoms with Gasteiger partial charge in [0.25, 0.3) is 0 Å². The Labute approximate surface area is 103 Å². The average Bonchev–Trinajstić information content (AvgIpc) is 2.38. The molecule has 1 heteroatoms. The van der Waals surface area contributed by atoms with E-state index in [1.165, 1.54) is 11.3 Å². The van der Waals surface area contributed by atoms with Crippen molar-refractivity contribution in [3.8, 4) is 0 Å². The van der Waals surface area contributed by atoms with Gasteiger partial charge in [0, 0.05) is 25.3 Å². The van der Waals surface area contributed by atoms with E-state index in [1.807, 2.05) is 50.5 Å². The molecule has 1 nitrogen and oxygen atoms in total. The predicted octanol–water partition coefficient (Wildman–Crippen LogP) is 3.62. The van der Waals surface area contributed by atoms with Crippen LogP contribution in [0.15, 0.2) is 54.6 Å². The maximum atomic E-state index is 3.34. The van der Waals surface area contributed by atoms with Crippen LogP contribution in [-0.2, 0) is 0 Å². The maximum Gasteiger partial charge on any atom is 0.0440 e. The van der Waals surface area contributed by atoms with Crippen LogP contribution in [0.4, 0.5) is 5.69 Å². The van der Waals surface area contributed by atoms with Crippen molar-refractivity contribution < 1.29 is 0 Å². The van der Waals surface area contributed by atoms with Gasteiger partial charge >= 0.3 is 0 Å². The minimum absolute atomic E-state index is 1.11. The molecule has 0 atom stereocenters. The average molecular weight is 222 g/mol. The summed E-state index contributed by atoms with van der Waals surface area (Å²) >= 11 is 0. The number of anilines is 1. The van der Waals surface area contributed by atoms with Gasteiger partial charge in [-0.15, -0.1) is 0 Å². The summed E-state index contributed by atoms with van der Waals surface area (Å²) in [7, 11) is 4.09. The fourth-order valence-corrected chi connectivity index (χ4v) is 1.70. The van der Waals surface area contributed by atoms with Gasteiger partial charge in [-0.25, -0.2) is 0 Å². The summed E-state index contributed by atoms with van der Waals surface area (Å²) < 4.78 is 0. The molecule has 0 saturated carbocycles. The molecule has 0 N–H and O–H groups in total. The van der Waals surface area contributed by atoms with Crippen molar-refractivity contribution in [2.45, 2.75) is 0 Å². The highest BCUT2D eigenvalue weighted by Gasteiger charge is 1.99. The van der Waals surface area contributed by atoms with Crippen LogP contribution in [0, 0.1) is 6.08 Å². The molecule has 85 valence electrons. The lowest BCUT2D eigenvalue weighted by Gasteiger charge is -2.14. The van der Waals surface area contributed by atoms with Gasteiger partial charge in [-0.05, 0) is 23.8 Å². The van der Waals surface area contributed by atoms with Crippen LogP contribution in [-0.4, -0.2) is 14.1 Å². The zero-order chi connectivity index (χ0) is 12.1. The Hall–Kier alpha value is -2.02. The Bertz CT molecular complexity index is 498. The zero-order valence-electron chi connectivity index (χ0n) is 10.2. The highest BCUT2D eigenvalue weighted by atomic mass is 15.1. The fourth-order valence-electron chi connectivity index (χ4n) is 1.70. The van der Waals surface area contributed by atoms with E-state index in [0.717, 1.165) is 5.56 Å². The molecule has 2 rings (SSSR count). The van der Waals surface area contributed by atoms with Gasteiger partial charge in [-0.2, -0.15) is 0 Å². The second-order valence-corrected chi connectivity index (χ2v) is 4.11. The van der Waals surface area contributed by atoms with Gasteiger partial charge in [-0.3, -0.25) is 0 Å². The van der Waals surface area contributed by atoms with Crippen LogP contribution in [0.2, 0.25) is 0 Å². The largest absolute Gasteiger partial charge is 0.377 e. The van der Waals surface area contributed by atoms with Crippen molar-refractivity contribution in [1.29, 1.82) is 0 Å². The molecule has 1 radical (unpaired) electrons. The normalized spacial score (nSPS) is 10.7. The second kappa shape index (κ2) is 5.35. The van der Waals surface area contributed by atoms with Crippen molar-refractivity contribution in [3.63, 3.8) is 0 Å². The molecule has 0 aliphatic heterocycles. The first-order valence-electron chi connectivity index (χ1n) is 5.68. The Morgan fingerprint density at radius 3 is 2.24 bits per heavy atom. The number of nitrogens with zero attached hydrogens (tertiary/aromatic N) is 1. The van der Waals surface area contributed by atoms with Gasteiger partial charge in [0.15, 0.2) is 0 Å². The molecule has 0 aliphatic rings. The van der Waals surface area contributed by atoms with E-state index in [-0.39, 0.29) is 0 Å². The summed E-state index contributed by atoms with van der Waals surface area (Å²) in [5.41, 5.74) is 3.46. The summed E-state index contributed by atoms with van der Waals surface area (Å²) in [5, 5.41) is 0. The zero-order valence-corrected chi connectivity index (χ0v) is 10.2. The molecule has 2 aromatic rings. The minimum Gasteiger partial charge on any atom is -0.377 e. The van der Waals surface area contributed by atoms with Crippen molar-refractivity contribution in [2.75, 3.05) is 19.0 Å². The van der Waals surface area contributed by atoms with Crippen molar-refractivity contribution in [2.24, 2.45) is 0 Å². The second-order valence-electron chi connectivity index (χ2n) is 4.11. The van der Waals surface area contributed by atoms with Crippen LogP contribution >= 0.6 is 0 Å². The molecule has 2 aromatic carbocycles. The predicted molar refractivity (Wildman–Crippen MR) is 74.0 cm³/mol. The summed E-state index contributed by atoms with van der Waals surface area (Å²) in [4.78, 5) is 2.10. The molecule has 0 amide bonds. The Balaban J connectivity index is 2.27. The third-order valence-corrected chi connectivity index (χ3v) is 2.58. The SMILES string of the molecule is CN(C)c1ccccc1[C]=Cc1ccccc1. The lowest BCUT2D eigenvalue weighted by atomic mass is 10.1. The fraction of sp³-hybridized carbons (Fsp3) is 0.125. The van der Waals surface area contributed by atoms with Crippen LogP contribution in [0.3, 0.4) is 0 Å². The van der Waals surface area contributed by atoms with E-state index in [0.29, 0.717) is 0 Å². The van der Waals surface area contributed by atoms with E-state index >= 15 is 0 Å². The van der Waals surface area contributed by atoms with Crippen LogP contribution in [0.25, 0.3) is 6.08 Å². The van der Waals surface area contributed by atoms with Crippen LogP contribution in [0.1, 0.15) is 11.1 Å². The first-order chi connectivity index (χ1) is 8.27. The molecule has 0 heterocycles. The number of hydrogen-bond acceptors (Lipinski definition) is 1. The van der Waals surface area contributed by atoms with E-state index in [4.69, 9.17) is 0 Å². The molecule has 0 spiro atoms. The molecule has 0 aliphatic carbocycles. The summed E-state index contributed by atoms with van der Waals surface area (Å²) in [6.07, 6.45) is 5.36. The highest BCUT2D eigenvalue weighted by molar-refractivity contribution is 5.60. The monoisotopic (exact) mass is 222 g/mol. The molecule has 0 bridgehead atoms. The Kier molecular flexibility index (Phi) is 3.61. The molecule has 0 unspecified atom stereocenters. The van der Waals surface area contributed by atoms with Crippen molar-refractivity contribution >= 4 is 11.8 Å². The summed E-state index contributed by atoms with van der Waals surface area (Å²) in [6.45, 7) is 0. The lowest BCUT2D eigenvalue weighted by molar-refractivity contribution is 1.12. The molecule has 0 fully saturated rings. The summed E-state index contributed by atoms with van der Waals surface area (Å²) in [5.74, 6) is 0. The van der Waals surface area contributed by atoms with Crippen LogP contribution < -0.4 is 4.90 Å². The number of para-hydroxylation sites is 1. The Morgan fingerprint density at radius 1 is 0.882 bits per heavy atom. The van der Waals surface area contributed by atoms with Gasteiger partial charge in [0.2, 0.25) is 0 Å². The standard InChI is InChI=1S/C16H16N/c1-17(2)16-11-7-6-10-15(16)13-12-14-8-4-3-5-9-14/h3-12H,1-2H3. The van der Waals surface area contributed by atoms with Crippen molar-refractivity contribution in [3.05, 3.63) is 71.8 Å². The van der Waals surface area contributed by atoms with E-state index in [9.17, 15) is 0 Å². The molecule has 17 heavy (non-hydrogen) atoms. The van der Waals surface area contributed by atoms with Gasteiger partial charge in [0.1, 0.15) is 0 Å². The van der Waals surface area contributed by atoms with Gasteiger partial charge in [0.05, 0.1) is 0 Å². The van der Waals surface area contributed by atoms with Crippen LogP contribution in [0.5, 0.6) is 0 Å². The third kappa shape index (κ3) is 2.97. The molecule has 0 saturated heterocycles. The molecular formula is C16H16N. The van der Waals surface area contributed by atoms with Crippen molar-refractivity contribution in [1.82, 2.24) is 0 Å². The number of hydrogen-bond donors (Lipinski definition) is 0. The van der Waals surface area contributed by atoms with E-state index in [1.54, 1.807) is 0 Å². The third-order valence-electron chi connectivity index (χ3n) is 2.58. The lowest BCUT2D eigenvalue weighted by Crippen LogP contribution is -2.09. The first-order valence-corrected chi connectivity index (χ1v) is 5.68. The highest BCUT2D eigenvalue weighted by Crippen LogP contribution is 2.18. The molecule has 0 aromatic heterocycles. The quantitative estimate of drug-likeness (QED) is 0.717. The van der Waals surface area contributed by atoms with E-state index < -0.39 is 0 Å². The number of benzene rings is 2. The minimum atomic E-state index is 1.11. The topological polar surface area (TPSA) is 3.24 Å².